The molecule has 2 aromatic heterocycles. The molecule has 0 atom stereocenters. The summed E-state index contributed by atoms with van der Waals surface area (Å²) in [5.41, 5.74) is 7.70. The van der Waals surface area contributed by atoms with Crippen molar-refractivity contribution in [3.05, 3.63) is 75.7 Å². The van der Waals surface area contributed by atoms with E-state index in [4.69, 9.17) is 9.72 Å². The third-order valence-corrected chi connectivity index (χ3v) is 6.15. The van der Waals surface area contributed by atoms with Gasteiger partial charge in [0, 0.05) is 31.5 Å². The number of hydrogen-bond acceptors (Lipinski definition) is 5. The Balaban J connectivity index is 1.44. The lowest BCUT2D eigenvalue weighted by molar-refractivity contribution is 0.122. The lowest BCUT2D eigenvalue weighted by Crippen LogP contribution is -2.36. The lowest BCUT2D eigenvalue weighted by atomic mass is 10.1. The monoisotopic (exact) mass is 443 g/mol. The molecule has 7 heteroatoms. The summed E-state index contributed by atoms with van der Waals surface area (Å²) in [7, 11) is 0. The second-order valence-corrected chi connectivity index (χ2v) is 8.60. The van der Waals surface area contributed by atoms with E-state index in [0.29, 0.717) is 11.4 Å². The number of rotatable bonds is 6. The molecule has 1 saturated heterocycles. The number of imidazole rings is 1. The van der Waals surface area contributed by atoms with Crippen molar-refractivity contribution >= 4 is 22.4 Å². The second kappa shape index (κ2) is 9.11. The van der Waals surface area contributed by atoms with Crippen LogP contribution in [0, 0.1) is 13.8 Å². The molecule has 7 nitrogen and oxygen atoms in total. The van der Waals surface area contributed by atoms with E-state index in [9.17, 15) is 4.79 Å². The highest BCUT2D eigenvalue weighted by molar-refractivity contribution is 5.87. The summed E-state index contributed by atoms with van der Waals surface area (Å²) in [6.45, 7) is 8.11. The first-order chi connectivity index (χ1) is 16.1. The predicted octanol–water partition coefficient (Wildman–Crippen LogP) is 4.03. The first kappa shape index (κ1) is 21.3. The number of aromatic nitrogens is 3. The predicted molar refractivity (Wildman–Crippen MR) is 133 cm³/mol. The number of hydrogen-bond donors (Lipinski definition) is 3. The van der Waals surface area contributed by atoms with Crippen LogP contribution in [0.25, 0.3) is 22.4 Å². The van der Waals surface area contributed by atoms with Gasteiger partial charge in [-0.3, -0.25) is 4.79 Å². The van der Waals surface area contributed by atoms with Gasteiger partial charge in [0.05, 0.1) is 29.9 Å². The number of aromatic amines is 2. The first-order valence-electron chi connectivity index (χ1n) is 11.4. The molecular formula is C26H29N5O2. The molecule has 170 valence electrons. The van der Waals surface area contributed by atoms with Crippen LogP contribution in [0.2, 0.25) is 0 Å². The van der Waals surface area contributed by atoms with Gasteiger partial charge in [0.25, 0.3) is 5.56 Å². The van der Waals surface area contributed by atoms with E-state index in [1.165, 1.54) is 11.1 Å². The van der Waals surface area contributed by atoms with Crippen LogP contribution in [0.1, 0.15) is 16.7 Å². The number of H-pyrrole nitrogens is 2. The Morgan fingerprint density at radius 2 is 1.97 bits per heavy atom. The maximum atomic E-state index is 12.8. The lowest BCUT2D eigenvalue weighted by Gasteiger charge is -2.29. The average molecular weight is 444 g/mol. The maximum Gasteiger partial charge on any atom is 0.261 e. The van der Waals surface area contributed by atoms with Gasteiger partial charge >= 0.3 is 0 Å². The van der Waals surface area contributed by atoms with Crippen molar-refractivity contribution in [3.8, 4) is 11.4 Å². The molecule has 3 heterocycles. The van der Waals surface area contributed by atoms with Gasteiger partial charge in [-0.1, -0.05) is 29.8 Å². The summed E-state index contributed by atoms with van der Waals surface area (Å²) >= 11 is 0. The molecule has 3 N–H and O–H groups in total. The highest BCUT2D eigenvalue weighted by atomic mass is 16.5. The Kier molecular flexibility index (Phi) is 5.88. The Bertz CT molecular complexity index is 1330. The molecule has 33 heavy (non-hydrogen) atoms. The smallest absolute Gasteiger partial charge is 0.261 e. The zero-order chi connectivity index (χ0) is 22.8. The molecule has 0 bridgehead atoms. The van der Waals surface area contributed by atoms with Crippen molar-refractivity contribution in [1.82, 2.24) is 15.0 Å². The van der Waals surface area contributed by atoms with E-state index in [-0.39, 0.29) is 5.56 Å². The minimum atomic E-state index is -0.166. The summed E-state index contributed by atoms with van der Waals surface area (Å²) in [6, 6.07) is 14.7. The van der Waals surface area contributed by atoms with Crippen molar-refractivity contribution < 1.29 is 4.74 Å². The third-order valence-electron chi connectivity index (χ3n) is 6.15. The van der Waals surface area contributed by atoms with Crippen LogP contribution in [0.5, 0.6) is 0 Å². The largest absolute Gasteiger partial charge is 0.384 e. The summed E-state index contributed by atoms with van der Waals surface area (Å²) in [6.07, 6.45) is 2.54. The summed E-state index contributed by atoms with van der Waals surface area (Å²) < 4.78 is 5.49. The van der Waals surface area contributed by atoms with Crippen LogP contribution in [-0.2, 0) is 11.2 Å². The molecule has 1 aliphatic heterocycles. The highest BCUT2D eigenvalue weighted by Crippen LogP contribution is 2.29. The Labute approximate surface area is 192 Å². The van der Waals surface area contributed by atoms with Crippen LogP contribution >= 0.6 is 0 Å². The molecule has 0 unspecified atom stereocenters. The standard InChI is InChI=1S/C26H29N5O2/c1-17-4-3-5-19(14-17)6-8-27-21-7-9-28-26(32)23(21)25-29-22-16-20(15-18(2)24(22)30-25)31-10-12-33-13-11-31/h3-5,7,9,14-16H,6,8,10-13H2,1-2H3,(H,29,30)(H2,27,28,32). The quantitative estimate of drug-likeness (QED) is 0.419. The topological polar surface area (TPSA) is 86.0 Å². The van der Waals surface area contributed by atoms with E-state index in [0.717, 1.165) is 67.2 Å². The van der Waals surface area contributed by atoms with Crippen LogP contribution in [-0.4, -0.2) is 47.8 Å². The number of nitrogens with one attached hydrogen (secondary N) is 3. The molecule has 0 saturated carbocycles. The van der Waals surface area contributed by atoms with Gasteiger partial charge in [0.2, 0.25) is 0 Å². The molecule has 4 aromatic rings. The number of ether oxygens (including phenoxy) is 1. The number of aryl methyl sites for hydroxylation is 2. The summed E-state index contributed by atoms with van der Waals surface area (Å²) in [5, 5.41) is 3.44. The molecule has 1 fully saturated rings. The fourth-order valence-electron chi connectivity index (χ4n) is 4.46. The second-order valence-electron chi connectivity index (χ2n) is 8.60. The number of fused-ring (bicyclic) bond motifs is 1. The van der Waals surface area contributed by atoms with Crippen LogP contribution in [0.3, 0.4) is 0 Å². The zero-order valence-corrected chi connectivity index (χ0v) is 19.1. The van der Waals surface area contributed by atoms with Gasteiger partial charge < -0.3 is 24.9 Å². The Morgan fingerprint density at radius 1 is 1.12 bits per heavy atom. The molecule has 0 radical (unpaired) electrons. The number of pyridine rings is 1. The number of morpholine rings is 1. The maximum absolute atomic E-state index is 12.8. The number of anilines is 2. The summed E-state index contributed by atoms with van der Waals surface area (Å²) in [5.74, 6) is 0.576. The molecule has 5 rings (SSSR count). The third kappa shape index (κ3) is 4.50. The van der Waals surface area contributed by atoms with Crippen LogP contribution in [0.4, 0.5) is 11.4 Å². The first-order valence-corrected chi connectivity index (χ1v) is 11.4. The molecule has 0 amide bonds. The highest BCUT2D eigenvalue weighted by Gasteiger charge is 2.18. The van der Waals surface area contributed by atoms with Crippen LogP contribution < -0.4 is 15.8 Å². The van der Waals surface area contributed by atoms with Crippen molar-refractivity contribution in [2.24, 2.45) is 0 Å². The molecule has 0 spiro atoms. The molecule has 2 aromatic carbocycles. The van der Waals surface area contributed by atoms with E-state index >= 15 is 0 Å². The summed E-state index contributed by atoms with van der Waals surface area (Å²) in [4.78, 5) is 26.1. The van der Waals surface area contributed by atoms with Crippen molar-refractivity contribution in [2.45, 2.75) is 20.3 Å². The molecule has 0 aliphatic carbocycles. The van der Waals surface area contributed by atoms with Gasteiger partial charge in [-0.2, -0.15) is 0 Å². The van der Waals surface area contributed by atoms with E-state index in [1.807, 2.05) is 6.07 Å². The van der Waals surface area contributed by atoms with Crippen molar-refractivity contribution in [2.75, 3.05) is 43.1 Å². The van der Waals surface area contributed by atoms with Gasteiger partial charge in [-0.25, -0.2) is 4.98 Å². The van der Waals surface area contributed by atoms with Crippen molar-refractivity contribution in [1.29, 1.82) is 0 Å². The minimum Gasteiger partial charge on any atom is -0.384 e. The minimum absolute atomic E-state index is 0.166. The Hall–Kier alpha value is -3.58. The fraction of sp³-hybridized carbons (Fsp3) is 0.308. The van der Waals surface area contributed by atoms with Gasteiger partial charge in [0.15, 0.2) is 0 Å². The fourth-order valence-corrected chi connectivity index (χ4v) is 4.46. The molecule has 1 aliphatic rings. The van der Waals surface area contributed by atoms with E-state index < -0.39 is 0 Å². The van der Waals surface area contributed by atoms with E-state index in [1.54, 1.807) is 6.20 Å². The van der Waals surface area contributed by atoms with E-state index in [2.05, 4.69) is 70.4 Å². The zero-order valence-electron chi connectivity index (χ0n) is 19.1. The van der Waals surface area contributed by atoms with Gasteiger partial charge in [-0.05, 0) is 49.6 Å². The SMILES string of the molecule is Cc1cccc(CCNc2cc[nH]c(=O)c2-c2nc3c(C)cc(N4CCOCC4)cc3[nH]2)c1. The molecular weight excluding hydrogens is 414 g/mol. The van der Waals surface area contributed by atoms with Gasteiger partial charge in [-0.15, -0.1) is 0 Å². The number of nitrogens with zero attached hydrogens (tertiary/aromatic N) is 2. The number of benzene rings is 2. The van der Waals surface area contributed by atoms with Crippen LogP contribution in [0.15, 0.2) is 53.5 Å². The average Bonchev–Trinajstić information content (AvgIpc) is 3.24. The van der Waals surface area contributed by atoms with Gasteiger partial charge in [0.1, 0.15) is 11.4 Å². The Morgan fingerprint density at radius 3 is 2.79 bits per heavy atom. The normalized spacial score (nSPS) is 14.1. The van der Waals surface area contributed by atoms with Crippen molar-refractivity contribution in [3.63, 3.8) is 0 Å².